The lowest BCUT2D eigenvalue weighted by molar-refractivity contribution is -0.152. The van der Waals surface area contributed by atoms with Crippen molar-refractivity contribution in [2.75, 3.05) is 0 Å². The van der Waals surface area contributed by atoms with Crippen LogP contribution < -0.4 is 0 Å². The maximum absolute atomic E-state index is 10.5. The number of cyclic esters (lactones) is 2. The standard InChI is InChI=1S/C5H5BO3/c6-2-3-1-4(7)9-5(3)8/h3H,1-2H2. The number of hydrogen-bond acceptors (Lipinski definition) is 3. The summed E-state index contributed by atoms with van der Waals surface area (Å²) in [6, 6.07) is 0. The molecule has 2 radical (unpaired) electrons. The fourth-order valence-corrected chi connectivity index (χ4v) is 0.701. The van der Waals surface area contributed by atoms with Crippen molar-refractivity contribution >= 4 is 19.8 Å². The summed E-state index contributed by atoms with van der Waals surface area (Å²) in [6.07, 6.45) is 0.347. The average molecular weight is 124 g/mol. The minimum Gasteiger partial charge on any atom is -0.393 e. The average Bonchev–Trinajstić information content (AvgIpc) is 2.10. The summed E-state index contributed by atoms with van der Waals surface area (Å²) < 4.78 is 4.21. The second-order valence-corrected chi connectivity index (χ2v) is 1.93. The Morgan fingerprint density at radius 2 is 2.33 bits per heavy atom. The number of carbonyl (C=O) groups is 2. The van der Waals surface area contributed by atoms with E-state index >= 15 is 0 Å². The van der Waals surface area contributed by atoms with Crippen molar-refractivity contribution in [3.8, 4) is 0 Å². The van der Waals surface area contributed by atoms with Crippen LogP contribution in [-0.2, 0) is 14.3 Å². The van der Waals surface area contributed by atoms with Gasteiger partial charge < -0.3 is 4.74 Å². The SMILES string of the molecule is [B]CC1CC(=O)OC1=O. The zero-order valence-corrected chi connectivity index (χ0v) is 4.79. The second kappa shape index (κ2) is 2.21. The Morgan fingerprint density at radius 3 is 2.56 bits per heavy atom. The summed E-state index contributed by atoms with van der Waals surface area (Å²) in [4.78, 5) is 20.8. The van der Waals surface area contributed by atoms with Gasteiger partial charge in [-0.15, -0.1) is 0 Å². The highest BCUT2D eigenvalue weighted by atomic mass is 16.6. The summed E-state index contributed by atoms with van der Waals surface area (Å²) in [5.74, 6) is -1.34. The molecule has 1 heterocycles. The third-order valence-electron chi connectivity index (χ3n) is 1.25. The molecule has 9 heavy (non-hydrogen) atoms. The molecular weight excluding hydrogens is 119 g/mol. The highest BCUT2D eigenvalue weighted by Crippen LogP contribution is 2.17. The number of esters is 2. The van der Waals surface area contributed by atoms with Gasteiger partial charge in [0.05, 0.1) is 20.2 Å². The van der Waals surface area contributed by atoms with Crippen molar-refractivity contribution in [1.29, 1.82) is 0 Å². The molecule has 1 atom stereocenters. The number of carbonyl (C=O) groups excluding carboxylic acids is 2. The van der Waals surface area contributed by atoms with E-state index < -0.39 is 17.9 Å². The van der Waals surface area contributed by atoms with Gasteiger partial charge in [0.2, 0.25) is 0 Å². The predicted octanol–water partition coefficient (Wildman–Crippen LogP) is -0.337. The van der Waals surface area contributed by atoms with Gasteiger partial charge in [0.25, 0.3) is 0 Å². The first kappa shape index (κ1) is 6.33. The Labute approximate surface area is 53.8 Å². The Morgan fingerprint density at radius 1 is 1.67 bits per heavy atom. The highest BCUT2D eigenvalue weighted by molar-refractivity contribution is 6.11. The van der Waals surface area contributed by atoms with Crippen LogP contribution in [0.1, 0.15) is 6.42 Å². The van der Waals surface area contributed by atoms with Gasteiger partial charge in [-0.3, -0.25) is 9.59 Å². The summed E-state index contributed by atoms with van der Waals surface area (Å²) >= 11 is 0. The fourth-order valence-electron chi connectivity index (χ4n) is 0.701. The molecule has 0 bridgehead atoms. The summed E-state index contributed by atoms with van der Waals surface area (Å²) in [6.45, 7) is 0. The Kier molecular flexibility index (Phi) is 1.55. The third kappa shape index (κ3) is 1.12. The summed E-state index contributed by atoms with van der Waals surface area (Å²) in [5.41, 5.74) is 0. The lowest BCUT2D eigenvalue weighted by atomic mass is 9.90. The van der Waals surface area contributed by atoms with E-state index in [2.05, 4.69) is 4.74 Å². The Hall–Kier alpha value is -0.795. The van der Waals surface area contributed by atoms with Crippen LogP contribution in [0.3, 0.4) is 0 Å². The van der Waals surface area contributed by atoms with Crippen LogP contribution in [0, 0.1) is 5.92 Å². The van der Waals surface area contributed by atoms with Crippen LogP contribution in [0.5, 0.6) is 0 Å². The molecule has 0 amide bonds. The van der Waals surface area contributed by atoms with Gasteiger partial charge in [-0.2, -0.15) is 0 Å². The Bertz CT molecular complexity index is 154. The minimum atomic E-state index is -0.484. The molecule has 1 aliphatic heterocycles. The van der Waals surface area contributed by atoms with E-state index in [1.165, 1.54) is 0 Å². The number of hydrogen-bond donors (Lipinski definition) is 0. The lowest BCUT2D eigenvalue weighted by Gasteiger charge is -1.94. The van der Waals surface area contributed by atoms with Crippen LogP contribution in [0.2, 0.25) is 6.32 Å². The normalized spacial score (nSPS) is 26.4. The first-order valence-corrected chi connectivity index (χ1v) is 2.68. The summed E-state index contributed by atoms with van der Waals surface area (Å²) in [5, 5.41) is 0. The molecule has 0 aromatic rings. The molecule has 1 rings (SSSR count). The smallest absolute Gasteiger partial charge is 0.316 e. The molecule has 0 aliphatic carbocycles. The van der Waals surface area contributed by atoms with Crippen molar-refractivity contribution in [3.05, 3.63) is 0 Å². The molecule has 3 nitrogen and oxygen atoms in total. The van der Waals surface area contributed by atoms with E-state index in [4.69, 9.17) is 7.85 Å². The summed E-state index contributed by atoms with van der Waals surface area (Å²) in [7, 11) is 5.13. The van der Waals surface area contributed by atoms with Crippen LogP contribution in [0.25, 0.3) is 0 Å². The van der Waals surface area contributed by atoms with Crippen molar-refractivity contribution in [3.63, 3.8) is 0 Å². The van der Waals surface area contributed by atoms with Crippen LogP contribution in [0.15, 0.2) is 0 Å². The Balaban J connectivity index is 2.58. The maximum atomic E-state index is 10.5. The number of ether oxygens (including phenoxy) is 1. The van der Waals surface area contributed by atoms with E-state index in [0.29, 0.717) is 0 Å². The molecule has 0 N–H and O–H groups in total. The van der Waals surface area contributed by atoms with Gasteiger partial charge in [-0.1, -0.05) is 6.32 Å². The van der Waals surface area contributed by atoms with Crippen molar-refractivity contribution in [1.82, 2.24) is 0 Å². The van der Waals surface area contributed by atoms with Gasteiger partial charge in [-0.05, 0) is 0 Å². The fraction of sp³-hybridized carbons (Fsp3) is 0.600. The van der Waals surface area contributed by atoms with Gasteiger partial charge in [-0.25, -0.2) is 0 Å². The van der Waals surface area contributed by atoms with E-state index in [1.54, 1.807) is 0 Å². The molecule has 1 fully saturated rings. The van der Waals surface area contributed by atoms with Crippen LogP contribution in [-0.4, -0.2) is 19.8 Å². The molecule has 0 spiro atoms. The lowest BCUT2D eigenvalue weighted by Crippen LogP contribution is -2.05. The van der Waals surface area contributed by atoms with E-state index in [0.717, 1.165) is 0 Å². The van der Waals surface area contributed by atoms with Crippen molar-refractivity contribution in [2.45, 2.75) is 12.7 Å². The van der Waals surface area contributed by atoms with Gasteiger partial charge in [0.15, 0.2) is 0 Å². The van der Waals surface area contributed by atoms with Gasteiger partial charge in [0.1, 0.15) is 0 Å². The zero-order valence-electron chi connectivity index (χ0n) is 4.79. The molecule has 46 valence electrons. The molecular formula is C5H5BO3. The van der Waals surface area contributed by atoms with E-state index in [9.17, 15) is 9.59 Å². The van der Waals surface area contributed by atoms with E-state index in [-0.39, 0.29) is 12.7 Å². The van der Waals surface area contributed by atoms with Crippen molar-refractivity contribution < 1.29 is 14.3 Å². The van der Waals surface area contributed by atoms with E-state index in [1.807, 2.05) is 0 Å². The molecule has 0 aromatic heterocycles. The molecule has 0 aromatic carbocycles. The largest absolute Gasteiger partial charge is 0.393 e. The monoisotopic (exact) mass is 124 g/mol. The first-order valence-electron chi connectivity index (χ1n) is 2.68. The van der Waals surface area contributed by atoms with Crippen LogP contribution >= 0.6 is 0 Å². The second-order valence-electron chi connectivity index (χ2n) is 1.93. The molecule has 0 saturated carbocycles. The zero-order chi connectivity index (χ0) is 6.85. The minimum absolute atomic E-state index is 0.148. The van der Waals surface area contributed by atoms with Crippen LogP contribution in [0.4, 0.5) is 0 Å². The highest BCUT2D eigenvalue weighted by Gasteiger charge is 2.31. The first-order chi connectivity index (χ1) is 4.24. The maximum Gasteiger partial charge on any atom is 0.316 e. The topological polar surface area (TPSA) is 43.4 Å². The van der Waals surface area contributed by atoms with Crippen molar-refractivity contribution in [2.24, 2.45) is 5.92 Å². The van der Waals surface area contributed by atoms with Gasteiger partial charge >= 0.3 is 11.9 Å². The molecule has 1 aliphatic rings. The third-order valence-corrected chi connectivity index (χ3v) is 1.25. The van der Waals surface area contributed by atoms with Gasteiger partial charge in [0, 0.05) is 0 Å². The predicted molar refractivity (Wildman–Crippen MR) is 29.8 cm³/mol. The quantitative estimate of drug-likeness (QED) is 0.273. The number of rotatable bonds is 1. The molecule has 4 heteroatoms. The molecule has 1 unspecified atom stereocenters. The molecule has 1 saturated heterocycles.